The summed E-state index contributed by atoms with van der Waals surface area (Å²) in [5, 5.41) is 10.9. The van der Waals surface area contributed by atoms with E-state index in [-0.39, 0.29) is 36.1 Å². The first-order valence-electron chi connectivity index (χ1n) is 7.26. The molecule has 23 heavy (non-hydrogen) atoms. The SMILES string of the molecule is COC1CCN(C(=O)c2cc([N+](=O)[O-])ccc2C)C(CN)C1.Cl. The number of aryl methyl sites for hydroxylation is 1. The largest absolute Gasteiger partial charge is 0.381 e. The van der Waals surface area contributed by atoms with Crippen LogP contribution in [0, 0.1) is 17.0 Å². The molecular formula is C15H22ClN3O4. The molecule has 0 aromatic heterocycles. The summed E-state index contributed by atoms with van der Waals surface area (Å²) in [6.45, 7) is 2.66. The van der Waals surface area contributed by atoms with Crippen LogP contribution in [0.1, 0.15) is 28.8 Å². The number of rotatable bonds is 4. The van der Waals surface area contributed by atoms with Crippen molar-refractivity contribution in [3.05, 3.63) is 39.4 Å². The average Bonchev–Trinajstić information content (AvgIpc) is 2.53. The topological polar surface area (TPSA) is 98.7 Å². The number of likely N-dealkylation sites (tertiary alicyclic amines) is 1. The van der Waals surface area contributed by atoms with Gasteiger partial charge in [-0.15, -0.1) is 12.4 Å². The molecular weight excluding hydrogens is 322 g/mol. The van der Waals surface area contributed by atoms with Gasteiger partial charge in [-0.05, 0) is 25.3 Å². The summed E-state index contributed by atoms with van der Waals surface area (Å²) in [6, 6.07) is 4.24. The van der Waals surface area contributed by atoms with E-state index >= 15 is 0 Å². The molecule has 2 unspecified atom stereocenters. The predicted octanol–water partition coefficient (Wildman–Crippen LogP) is 1.90. The number of piperidine rings is 1. The Labute approximate surface area is 141 Å². The van der Waals surface area contributed by atoms with Gasteiger partial charge < -0.3 is 15.4 Å². The zero-order valence-electron chi connectivity index (χ0n) is 13.2. The number of carbonyl (C=O) groups excluding carboxylic acids is 1. The van der Waals surface area contributed by atoms with Gasteiger partial charge in [0, 0.05) is 43.9 Å². The number of hydrogen-bond donors (Lipinski definition) is 1. The minimum absolute atomic E-state index is 0. The first-order valence-corrected chi connectivity index (χ1v) is 7.26. The molecule has 1 heterocycles. The van der Waals surface area contributed by atoms with E-state index in [1.165, 1.54) is 12.1 Å². The van der Waals surface area contributed by atoms with E-state index in [2.05, 4.69) is 0 Å². The predicted molar refractivity (Wildman–Crippen MR) is 89.0 cm³/mol. The van der Waals surface area contributed by atoms with Crippen molar-refractivity contribution < 1.29 is 14.5 Å². The molecule has 1 aliphatic rings. The van der Waals surface area contributed by atoms with E-state index in [1.54, 1.807) is 25.0 Å². The lowest BCUT2D eigenvalue weighted by atomic mass is 9.97. The Hall–Kier alpha value is -1.70. The molecule has 1 amide bonds. The van der Waals surface area contributed by atoms with Gasteiger partial charge in [-0.25, -0.2) is 0 Å². The van der Waals surface area contributed by atoms with Crippen molar-refractivity contribution in [2.75, 3.05) is 20.2 Å². The smallest absolute Gasteiger partial charge is 0.270 e. The number of nitrogens with zero attached hydrogens (tertiary/aromatic N) is 2. The second-order valence-corrected chi connectivity index (χ2v) is 5.53. The minimum Gasteiger partial charge on any atom is -0.381 e. The van der Waals surface area contributed by atoms with Gasteiger partial charge in [0.05, 0.1) is 11.0 Å². The maximum absolute atomic E-state index is 12.8. The zero-order valence-corrected chi connectivity index (χ0v) is 14.0. The Balaban J connectivity index is 0.00000264. The van der Waals surface area contributed by atoms with Crippen LogP contribution >= 0.6 is 12.4 Å². The third kappa shape index (κ3) is 4.19. The highest BCUT2D eigenvalue weighted by molar-refractivity contribution is 5.96. The summed E-state index contributed by atoms with van der Waals surface area (Å²) in [5.41, 5.74) is 6.79. The number of amides is 1. The fourth-order valence-electron chi connectivity index (χ4n) is 2.83. The van der Waals surface area contributed by atoms with Gasteiger partial charge in [0.25, 0.3) is 11.6 Å². The van der Waals surface area contributed by atoms with Gasteiger partial charge in [0.1, 0.15) is 0 Å². The molecule has 8 heteroatoms. The number of hydrogen-bond acceptors (Lipinski definition) is 5. The van der Waals surface area contributed by atoms with Crippen molar-refractivity contribution in [1.29, 1.82) is 0 Å². The molecule has 1 aromatic rings. The van der Waals surface area contributed by atoms with Crippen molar-refractivity contribution in [3.8, 4) is 0 Å². The number of nitro benzene ring substituents is 1. The van der Waals surface area contributed by atoms with E-state index in [0.29, 0.717) is 25.1 Å². The van der Waals surface area contributed by atoms with Gasteiger partial charge in [-0.3, -0.25) is 14.9 Å². The lowest BCUT2D eigenvalue weighted by molar-refractivity contribution is -0.384. The van der Waals surface area contributed by atoms with Crippen molar-refractivity contribution in [2.45, 2.75) is 31.9 Å². The van der Waals surface area contributed by atoms with E-state index in [0.717, 1.165) is 12.0 Å². The van der Waals surface area contributed by atoms with E-state index in [4.69, 9.17) is 10.5 Å². The van der Waals surface area contributed by atoms with Crippen molar-refractivity contribution >= 4 is 24.0 Å². The van der Waals surface area contributed by atoms with Gasteiger partial charge in [-0.1, -0.05) is 6.07 Å². The highest BCUT2D eigenvalue weighted by Gasteiger charge is 2.32. The van der Waals surface area contributed by atoms with Crippen LogP contribution in [0.25, 0.3) is 0 Å². The van der Waals surface area contributed by atoms with Crippen LogP contribution in [0.15, 0.2) is 18.2 Å². The molecule has 1 aliphatic heterocycles. The van der Waals surface area contributed by atoms with Gasteiger partial charge >= 0.3 is 0 Å². The van der Waals surface area contributed by atoms with Crippen LogP contribution in [-0.2, 0) is 4.74 Å². The molecule has 0 saturated carbocycles. The van der Waals surface area contributed by atoms with Gasteiger partial charge in [-0.2, -0.15) is 0 Å². The number of halogens is 1. The second-order valence-electron chi connectivity index (χ2n) is 5.53. The average molecular weight is 344 g/mol. The number of nitro groups is 1. The van der Waals surface area contributed by atoms with Crippen LogP contribution in [0.4, 0.5) is 5.69 Å². The van der Waals surface area contributed by atoms with E-state index in [1.807, 2.05) is 0 Å². The molecule has 1 saturated heterocycles. The third-order valence-corrected chi connectivity index (χ3v) is 4.20. The Morgan fingerprint density at radius 2 is 2.22 bits per heavy atom. The maximum Gasteiger partial charge on any atom is 0.270 e. The lowest BCUT2D eigenvalue weighted by Gasteiger charge is -2.38. The molecule has 0 bridgehead atoms. The van der Waals surface area contributed by atoms with Gasteiger partial charge in [0.2, 0.25) is 0 Å². The maximum atomic E-state index is 12.8. The van der Waals surface area contributed by atoms with Crippen LogP contribution in [0.2, 0.25) is 0 Å². The summed E-state index contributed by atoms with van der Waals surface area (Å²) in [6.07, 6.45) is 1.53. The molecule has 2 rings (SSSR count). The van der Waals surface area contributed by atoms with E-state index < -0.39 is 4.92 Å². The normalized spacial score (nSPS) is 20.7. The minimum atomic E-state index is -0.492. The van der Waals surface area contributed by atoms with E-state index in [9.17, 15) is 14.9 Å². The molecule has 128 valence electrons. The second kappa shape index (κ2) is 8.24. The molecule has 0 aliphatic carbocycles. The molecule has 1 fully saturated rings. The first-order chi connectivity index (χ1) is 10.5. The van der Waals surface area contributed by atoms with Gasteiger partial charge in [0.15, 0.2) is 0 Å². The molecule has 0 radical (unpaired) electrons. The number of carbonyl (C=O) groups is 1. The highest BCUT2D eigenvalue weighted by atomic mass is 35.5. The quantitative estimate of drug-likeness (QED) is 0.665. The molecule has 2 N–H and O–H groups in total. The zero-order chi connectivity index (χ0) is 16.3. The summed E-state index contributed by atoms with van der Waals surface area (Å²) in [4.78, 5) is 24.9. The fourth-order valence-corrected chi connectivity index (χ4v) is 2.83. The third-order valence-electron chi connectivity index (χ3n) is 4.20. The molecule has 1 aromatic carbocycles. The standard InChI is InChI=1S/C15H21N3O4.ClH/c1-10-3-4-11(18(20)21)8-14(10)15(19)17-6-5-13(22-2)7-12(17)9-16;/h3-4,8,12-13H,5-7,9,16H2,1-2H3;1H. The molecule has 0 spiro atoms. The Bertz CT molecular complexity index is 582. The molecule has 7 nitrogen and oxygen atoms in total. The number of ether oxygens (including phenoxy) is 1. The first kappa shape index (κ1) is 19.3. The highest BCUT2D eigenvalue weighted by Crippen LogP contribution is 2.24. The summed E-state index contributed by atoms with van der Waals surface area (Å²) < 4.78 is 5.35. The van der Waals surface area contributed by atoms with Crippen LogP contribution in [0.3, 0.4) is 0 Å². The van der Waals surface area contributed by atoms with Crippen LogP contribution in [-0.4, -0.2) is 48.1 Å². The Morgan fingerprint density at radius 1 is 1.52 bits per heavy atom. The van der Waals surface area contributed by atoms with Crippen molar-refractivity contribution in [3.63, 3.8) is 0 Å². The Morgan fingerprint density at radius 3 is 2.78 bits per heavy atom. The van der Waals surface area contributed by atoms with Crippen LogP contribution < -0.4 is 5.73 Å². The number of benzene rings is 1. The number of non-ortho nitro benzene ring substituents is 1. The van der Waals surface area contributed by atoms with Crippen molar-refractivity contribution in [2.24, 2.45) is 5.73 Å². The molecule has 2 atom stereocenters. The summed E-state index contributed by atoms with van der Waals surface area (Å²) in [5.74, 6) is -0.203. The monoisotopic (exact) mass is 343 g/mol. The van der Waals surface area contributed by atoms with Crippen molar-refractivity contribution in [1.82, 2.24) is 4.90 Å². The lowest BCUT2D eigenvalue weighted by Crippen LogP contribution is -2.51. The Kier molecular flexibility index (Phi) is 6.93. The number of nitrogens with two attached hydrogens (primary N) is 1. The summed E-state index contributed by atoms with van der Waals surface area (Å²) in [7, 11) is 1.65. The van der Waals surface area contributed by atoms with Crippen LogP contribution in [0.5, 0.6) is 0 Å². The fraction of sp³-hybridized carbons (Fsp3) is 0.533. The summed E-state index contributed by atoms with van der Waals surface area (Å²) >= 11 is 0. The number of methoxy groups -OCH3 is 1.